The Bertz CT molecular complexity index is 1010. The predicted molar refractivity (Wildman–Crippen MR) is 133 cm³/mol. The molecule has 5 rings (SSSR count). The third-order valence-electron chi connectivity index (χ3n) is 7.30. The van der Waals surface area contributed by atoms with Crippen LogP contribution in [0.4, 0.5) is 5.69 Å². The van der Waals surface area contributed by atoms with Crippen LogP contribution in [0.3, 0.4) is 0 Å². The Morgan fingerprint density at radius 3 is 2.66 bits per heavy atom. The van der Waals surface area contributed by atoms with Gasteiger partial charge in [-0.2, -0.15) is 0 Å². The van der Waals surface area contributed by atoms with Crippen molar-refractivity contribution in [3.8, 4) is 5.75 Å². The standard InChI is InChI=1S/C27H34N4O4/c1-34-21-11-9-19(10-12-21)13-14-28-26(32)23-17-30(16-22-8-5-15-35-22)18-24-25(23)29-31(27(24)33)20-6-3-2-4-7-20/h2-4,6-7,9-12,22-25,29H,5,8,13-18H2,1H3,(H,28,32). The minimum atomic E-state index is -0.330. The number of amides is 2. The Labute approximate surface area is 206 Å². The highest BCUT2D eigenvalue weighted by Gasteiger charge is 2.51. The Kier molecular flexibility index (Phi) is 7.32. The number of nitrogens with zero attached hydrogens (tertiary/aromatic N) is 2. The number of methoxy groups -OCH3 is 1. The van der Waals surface area contributed by atoms with E-state index in [0.717, 1.165) is 49.4 Å². The van der Waals surface area contributed by atoms with Crippen molar-refractivity contribution in [2.75, 3.05) is 44.9 Å². The lowest BCUT2D eigenvalue weighted by Gasteiger charge is -2.39. The third-order valence-corrected chi connectivity index (χ3v) is 7.30. The van der Waals surface area contributed by atoms with Crippen LogP contribution in [0.2, 0.25) is 0 Å². The molecule has 3 heterocycles. The molecule has 35 heavy (non-hydrogen) atoms. The number of hydrazine groups is 1. The van der Waals surface area contributed by atoms with Gasteiger partial charge in [0.05, 0.1) is 36.8 Å². The number of rotatable bonds is 8. The Morgan fingerprint density at radius 1 is 1.14 bits per heavy atom. The number of hydrogen-bond acceptors (Lipinski definition) is 6. The maximum atomic E-state index is 13.4. The summed E-state index contributed by atoms with van der Waals surface area (Å²) in [5, 5.41) is 4.76. The molecule has 4 unspecified atom stereocenters. The highest BCUT2D eigenvalue weighted by molar-refractivity contribution is 5.98. The number of para-hydroxylation sites is 1. The number of fused-ring (bicyclic) bond motifs is 1. The summed E-state index contributed by atoms with van der Waals surface area (Å²) in [5.74, 6) is 0.221. The van der Waals surface area contributed by atoms with Crippen LogP contribution in [0.5, 0.6) is 5.75 Å². The normalized spacial score (nSPS) is 26.5. The van der Waals surface area contributed by atoms with Gasteiger partial charge >= 0.3 is 0 Å². The summed E-state index contributed by atoms with van der Waals surface area (Å²) in [6.45, 7) is 3.34. The molecule has 0 saturated carbocycles. The predicted octanol–water partition coefficient (Wildman–Crippen LogP) is 2.00. The van der Waals surface area contributed by atoms with Gasteiger partial charge in [0.15, 0.2) is 0 Å². The molecule has 2 aromatic rings. The van der Waals surface area contributed by atoms with Crippen LogP contribution < -0.4 is 20.5 Å². The summed E-state index contributed by atoms with van der Waals surface area (Å²) in [6.07, 6.45) is 3.02. The van der Waals surface area contributed by atoms with Crippen molar-refractivity contribution in [3.63, 3.8) is 0 Å². The molecule has 0 radical (unpaired) electrons. The summed E-state index contributed by atoms with van der Waals surface area (Å²) in [4.78, 5) is 29.1. The molecule has 186 valence electrons. The molecule has 0 bridgehead atoms. The second-order valence-corrected chi connectivity index (χ2v) is 9.62. The number of nitrogens with one attached hydrogen (secondary N) is 2. The van der Waals surface area contributed by atoms with E-state index >= 15 is 0 Å². The van der Waals surface area contributed by atoms with Crippen molar-refractivity contribution >= 4 is 17.5 Å². The quantitative estimate of drug-likeness (QED) is 0.604. The first-order chi connectivity index (χ1) is 17.1. The maximum Gasteiger partial charge on any atom is 0.247 e. The Balaban J connectivity index is 1.27. The van der Waals surface area contributed by atoms with Crippen molar-refractivity contribution in [1.29, 1.82) is 0 Å². The molecule has 3 aliphatic rings. The first-order valence-corrected chi connectivity index (χ1v) is 12.5. The molecule has 4 atom stereocenters. The highest BCUT2D eigenvalue weighted by Crippen LogP contribution is 2.32. The van der Waals surface area contributed by atoms with Crippen molar-refractivity contribution in [3.05, 3.63) is 60.2 Å². The van der Waals surface area contributed by atoms with E-state index in [2.05, 4.69) is 15.6 Å². The fraction of sp³-hybridized carbons (Fsp3) is 0.481. The van der Waals surface area contributed by atoms with Crippen LogP contribution >= 0.6 is 0 Å². The molecule has 8 nitrogen and oxygen atoms in total. The molecular weight excluding hydrogens is 444 g/mol. The first-order valence-electron chi connectivity index (χ1n) is 12.5. The summed E-state index contributed by atoms with van der Waals surface area (Å²) in [7, 11) is 1.65. The van der Waals surface area contributed by atoms with Gasteiger partial charge in [-0.25, -0.2) is 10.4 Å². The van der Waals surface area contributed by atoms with Crippen molar-refractivity contribution in [2.24, 2.45) is 11.8 Å². The molecule has 3 fully saturated rings. The zero-order chi connectivity index (χ0) is 24.2. The largest absolute Gasteiger partial charge is 0.497 e. The molecule has 2 amide bonds. The number of anilines is 1. The van der Waals surface area contributed by atoms with Gasteiger partial charge in [0.25, 0.3) is 0 Å². The van der Waals surface area contributed by atoms with Crippen molar-refractivity contribution < 1.29 is 19.1 Å². The number of benzene rings is 2. The molecule has 8 heteroatoms. The van der Waals surface area contributed by atoms with Gasteiger partial charge in [-0.3, -0.25) is 14.5 Å². The zero-order valence-electron chi connectivity index (χ0n) is 20.2. The van der Waals surface area contributed by atoms with Gasteiger partial charge in [0.1, 0.15) is 5.75 Å². The van der Waals surface area contributed by atoms with Crippen LogP contribution in [-0.4, -0.2) is 68.8 Å². The zero-order valence-corrected chi connectivity index (χ0v) is 20.2. The molecular formula is C27H34N4O4. The third kappa shape index (κ3) is 5.34. The monoisotopic (exact) mass is 478 g/mol. The molecule has 0 aliphatic carbocycles. The lowest BCUT2D eigenvalue weighted by molar-refractivity contribution is -0.130. The van der Waals surface area contributed by atoms with Crippen molar-refractivity contribution in [1.82, 2.24) is 15.6 Å². The van der Waals surface area contributed by atoms with Crippen molar-refractivity contribution in [2.45, 2.75) is 31.4 Å². The van der Waals surface area contributed by atoms with Gasteiger partial charge < -0.3 is 14.8 Å². The molecule has 2 aromatic carbocycles. The van der Waals surface area contributed by atoms with Gasteiger partial charge in [-0.15, -0.1) is 0 Å². The van der Waals surface area contributed by atoms with E-state index in [1.165, 1.54) is 0 Å². The van der Waals surface area contributed by atoms with Gasteiger partial charge in [0.2, 0.25) is 11.8 Å². The molecule has 2 N–H and O–H groups in total. The first kappa shape index (κ1) is 23.8. The lowest BCUT2D eigenvalue weighted by Crippen LogP contribution is -2.58. The summed E-state index contributed by atoms with van der Waals surface area (Å²) in [5.41, 5.74) is 5.31. The van der Waals surface area contributed by atoms with E-state index in [0.29, 0.717) is 19.6 Å². The van der Waals surface area contributed by atoms with Gasteiger partial charge in [-0.05, 0) is 49.1 Å². The number of piperidine rings is 1. The summed E-state index contributed by atoms with van der Waals surface area (Å²) in [6, 6.07) is 17.2. The molecule has 3 aliphatic heterocycles. The minimum absolute atomic E-state index is 0.0132. The van der Waals surface area contributed by atoms with E-state index in [9.17, 15) is 9.59 Å². The Hall–Kier alpha value is -2.94. The smallest absolute Gasteiger partial charge is 0.247 e. The second-order valence-electron chi connectivity index (χ2n) is 9.62. The van der Waals surface area contributed by atoms with E-state index in [1.54, 1.807) is 12.1 Å². The SMILES string of the molecule is COc1ccc(CCNC(=O)C2CN(CC3CCCO3)CC3C(=O)N(c4ccccc4)NC23)cc1. The highest BCUT2D eigenvalue weighted by atomic mass is 16.5. The number of hydrogen-bond donors (Lipinski definition) is 2. The summed E-state index contributed by atoms with van der Waals surface area (Å²) < 4.78 is 11.1. The van der Waals surface area contributed by atoms with E-state index in [4.69, 9.17) is 9.47 Å². The molecule has 0 spiro atoms. The average molecular weight is 479 g/mol. The second kappa shape index (κ2) is 10.8. The fourth-order valence-corrected chi connectivity index (χ4v) is 5.43. The fourth-order valence-electron chi connectivity index (χ4n) is 5.43. The average Bonchev–Trinajstić information content (AvgIpc) is 3.52. The summed E-state index contributed by atoms with van der Waals surface area (Å²) >= 11 is 0. The topological polar surface area (TPSA) is 83.1 Å². The number of ether oxygens (including phenoxy) is 2. The minimum Gasteiger partial charge on any atom is -0.497 e. The number of likely N-dealkylation sites (tertiary alicyclic amines) is 1. The van der Waals surface area contributed by atoms with Crippen LogP contribution in [0.25, 0.3) is 0 Å². The van der Waals surface area contributed by atoms with E-state index < -0.39 is 0 Å². The van der Waals surface area contributed by atoms with Crippen LogP contribution in [0.1, 0.15) is 18.4 Å². The van der Waals surface area contributed by atoms with Gasteiger partial charge in [-0.1, -0.05) is 30.3 Å². The number of carbonyl (C=O) groups is 2. The van der Waals surface area contributed by atoms with Crippen LogP contribution in [-0.2, 0) is 20.7 Å². The lowest BCUT2D eigenvalue weighted by atomic mass is 9.83. The molecule has 0 aromatic heterocycles. The van der Waals surface area contributed by atoms with E-state index in [-0.39, 0.29) is 35.8 Å². The molecule has 3 saturated heterocycles. The number of carbonyl (C=O) groups excluding carboxylic acids is 2. The van der Waals surface area contributed by atoms with E-state index in [1.807, 2.05) is 54.6 Å². The van der Waals surface area contributed by atoms with Gasteiger partial charge in [0, 0.05) is 32.8 Å². The van der Waals surface area contributed by atoms with Crippen LogP contribution in [0, 0.1) is 11.8 Å². The Morgan fingerprint density at radius 2 is 1.94 bits per heavy atom. The van der Waals surface area contributed by atoms with Crippen LogP contribution in [0.15, 0.2) is 54.6 Å². The maximum absolute atomic E-state index is 13.4.